The lowest BCUT2D eigenvalue weighted by molar-refractivity contribution is -0.153. The van der Waals surface area contributed by atoms with Gasteiger partial charge in [0.15, 0.2) is 11.3 Å². The molecule has 1 amide bonds. The van der Waals surface area contributed by atoms with Crippen molar-refractivity contribution in [1.29, 1.82) is 0 Å². The van der Waals surface area contributed by atoms with Gasteiger partial charge in [0.1, 0.15) is 0 Å². The second-order valence-electron chi connectivity index (χ2n) is 8.30. The summed E-state index contributed by atoms with van der Waals surface area (Å²) in [5.41, 5.74) is -2.32. The van der Waals surface area contributed by atoms with Gasteiger partial charge in [0, 0.05) is 17.1 Å². The van der Waals surface area contributed by atoms with Gasteiger partial charge in [-0.15, -0.1) is 0 Å². The van der Waals surface area contributed by atoms with Crippen LogP contribution in [-0.2, 0) is 4.74 Å². The van der Waals surface area contributed by atoms with Crippen molar-refractivity contribution < 1.29 is 14.6 Å². The third-order valence-electron chi connectivity index (χ3n) is 5.19. The highest BCUT2D eigenvalue weighted by Gasteiger charge is 2.61. The van der Waals surface area contributed by atoms with Crippen molar-refractivity contribution in [3.63, 3.8) is 0 Å². The summed E-state index contributed by atoms with van der Waals surface area (Å²) in [7, 11) is 0. The third-order valence-corrected chi connectivity index (χ3v) is 5.19. The second kappa shape index (κ2) is 4.59. The molecule has 0 radical (unpaired) electrons. The minimum Gasteiger partial charge on any atom is -0.438 e. The fraction of sp³-hybridized carbons (Fsp3) is 0.938. The Labute approximate surface area is 128 Å². The Balaban J connectivity index is 2.35. The van der Waals surface area contributed by atoms with Crippen molar-refractivity contribution >= 4 is 6.09 Å². The average molecular weight is 298 g/mol. The van der Waals surface area contributed by atoms with E-state index in [-0.39, 0.29) is 17.1 Å². The molecule has 2 aliphatic rings. The summed E-state index contributed by atoms with van der Waals surface area (Å²) in [5, 5.41) is 14.6. The standard InChI is InChI=1S/C16H30N2O3/c1-8-15(6)16(7,20)18(12(19)21-15)11-9-13(2,3)17-14(4,5)10-11/h11,17,20H,8-10H2,1-7H3/t15-,16-/m1/s1. The molecule has 2 fully saturated rings. The van der Waals surface area contributed by atoms with E-state index in [0.29, 0.717) is 6.42 Å². The van der Waals surface area contributed by atoms with E-state index in [9.17, 15) is 9.90 Å². The number of carbonyl (C=O) groups is 1. The first-order chi connectivity index (χ1) is 9.34. The predicted octanol–water partition coefficient (Wildman–Crippen LogP) is 2.63. The number of amides is 1. The first-order valence-electron chi connectivity index (χ1n) is 7.88. The molecular weight excluding hydrogens is 268 g/mol. The van der Waals surface area contributed by atoms with Gasteiger partial charge in [-0.3, -0.25) is 4.90 Å². The van der Waals surface area contributed by atoms with Crippen LogP contribution in [0.2, 0.25) is 0 Å². The maximum Gasteiger partial charge on any atom is 0.413 e. The largest absolute Gasteiger partial charge is 0.438 e. The minimum atomic E-state index is -1.28. The molecule has 0 aliphatic carbocycles. The van der Waals surface area contributed by atoms with Gasteiger partial charge in [0.25, 0.3) is 0 Å². The summed E-state index contributed by atoms with van der Waals surface area (Å²) in [5.74, 6) is 0. The van der Waals surface area contributed by atoms with E-state index in [1.165, 1.54) is 0 Å². The van der Waals surface area contributed by atoms with Crippen molar-refractivity contribution in [2.24, 2.45) is 0 Å². The molecule has 0 saturated carbocycles. The molecule has 122 valence electrons. The van der Waals surface area contributed by atoms with E-state index in [0.717, 1.165) is 12.8 Å². The van der Waals surface area contributed by atoms with Crippen LogP contribution >= 0.6 is 0 Å². The molecule has 5 heteroatoms. The molecule has 0 spiro atoms. The van der Waals surface area contributed by atoms with Crippen LogP contribution in [0.3, 0.4) is 0 Å². The molecule has 0 aromatic heterocycles. The molecule has 2 atom stereocenters. The van der Waals surface area contributed by atoms with Crippen LogP contribution in [0.5, 0.6) is 0 Å². The normalized spacial score (nSPS) is 39.4. The maximum atomic E-state index is 12.4. The summed E-state index contributed by atoms with van der Waals surface area (Å²) < 4.78 is 5.53. The molecule has 5 nitrogen and oxygen atoms in total. The average Bonchev–Trinajstić information content (AvgIpc) is 2.40. The lowest BCUT2D eigenvalue weighted by atomic mass is 9.77. The summed E-state index contributed by atoms with van der Waals surface area (Å²) in [6.07, 6.45) is 1.77. The number of cyclic esters (lactones) is 1. The SMILES string of the molecule is CC[C@@]1(C)OC(=O)N(C2CC(C)(C)NC(C)(C)C2)[C@]1(C)O. The van der Waals surface area contributed by atoms with E-state index in [1.807, 2.05) is 13.8 Å². The minimum absolute atomic E-state index is 0.0351. The summed E-state index contributed by atoms with van der Waals surface area (Å²) >= 11 is 0. The van der Waals surface area contributed by atoms with Crippen molar-refractivity contribution in [3.05, 3.63) is 0 Å². The topological polar surface area (TPSA) is 61.8 Å². The van der Waals surface area contributed by atoms with E-state index in [1.54, 1.807) is 11.8 Å². The fourth-order valence-corrected chi connectivity index (χ4v) is 4.13. The van der Waals surface area contributed by atoms with Crippen LogP contribution in [-0.4, -0.2) is 44.5 Å². The van der Waals surface area contributed by atoms with Crippen molar-refractivity contribution in [2.75, 3.05) is 0 Å². The Bertz CT molecular complexity index is 429. The quantitative estimate of drug-likeness (QED) is 0.822. The highest BCUT2D eigenvalue weighted by Crippen LogP contribution is 2.44. The molecule has 2 saturated heterocycles. The number of carbonyl (C=O) groups excluding carboxylic acids is 1. The van der Waals surface area contributed by atoms with Crippen molar-refractivity contribution in [2.45, 2.75) is 96.2 Å². The zero-order chi connectivity index (χ0) is 16.3. The van der Waals surface area contributed by atoms with E-state index in [2.05, 4.69) is 33.0 Å². The van der Waals surface area contributed by atoms with Crippen molar-refractivity contribution in [1.82, 2.24) is 10.2 Å². The Hall–Kier alpha value is -0.810. The zero-order valence-electron chi connectivity index (χ0n) is 14.4. The summed E-state index contributed by atoms with van der Waals surface area (Å²) in [4.78, 5) is 14.0. The summed E-state index contributed by atoms with van der Waals surface area (Å²) in [6.45, 7) is 14.0. The van der Waals surface area contributed by atoms with E-state index < -0.39 is 17.4 Å². The first-order valence-corrected chi connectivity index (χ1v) is 7.88. The molecule has 21 heavy (non-hydrogen) atoms. The third kappa shape index (κ3) is 2.66. The number of aliphatic hydroxyl groups is 1. The molecule has 2 rings (SSSR count). The monoisotopic (exact) mass is 298 g/mol. The fourth-order valence-electron chi connectivity index (χ4n) is 4.13. The second-order valence-corrected chi connectivity index (χ2v) is 8.30. The van der Waals surface area contributed by atoms with Gasteiger partial charge >= 0.3 is 6.09 Å². The maximum absolute atomic E-state index is 12.4. The number of hydrogen-bond donors (Lipinski definition) is 2. The Morgan fingerprint density at radius 2 is 1.67 bits per heavy atom. The van der Waals surface area contributed by atoms with Crippen LogP contribution in [0.4, 0.5) is 4.79 Å². The van der Waals surface area contributed by atoms with Gasteiger partial charge in [-0.05, 0) is 60.8 Å². The van der Waals surface area contributed by atoms with Crippen LogP contribution in [0.1, 0.15) is 67.7 Å². The van der Waals surface area contributed by atoms with Gasteiger partial charge < -0.3 is 15.2 Å². The highest BCUT2D eigenvalue weighted by molar-refractivity contribution is 5.72. The first kappa shape index (κ1) is 16.6. The van der Waals surface area contributed by atoms with E-state index in [4.69, 9.17) is 4.74 Å². The molecule has 0 aromatic rings. The lowest BCUT2D eigenvalue weighted by Gasteiger charge is -2.51. The highest BCUT2D eigenvalue weighted by atomic mass is 16.6. The molecule has 2 heterocycles. The van der Waals surface area contributed by atoms with Crippen LogP contribution in [0, 0.1) is 0 Å². The smallest absolute Gasteiger partial charge is 0.413 e. The molecule has 2 aliphatic heterocycles. The number of hydrogen-bond acceptors (Lipinski definition) is 4. The summed E-state index contributed by atoms with van der Waals surface area (Å²) in [6, 6.07) is -0.0351. The lowest BCUT2D eigenvalue weighted by Crippen LogP contribution is -2.66. The Morgan fingerprint density at radius 3 is 2.05 bits per heavy atom. The molecule has 0 bridgehead atoms. The number of rotatable bonds is 2. The molecule has 0 aromatic carbocycles. The molecule has 2 N–H and O–H groups in total. The zero-order valence-corrected chi connectivity index (χ0v) is 14.4. The van der Waals surface area contributed by atoms with Gasteiger partial charge in [-0.25, -0.2) is 4.79 Å². The number of ether oxygens (including phenoxy) is 1. The predicted molar refractivity (Wildman–Crippen MR) is 82.0 cm³/mol. The van der Waals surface area contributed by atoms with Gasteiger partial charge in [0.05, 0.1) is 0 Å². The molecule has 0 unspecified atom stereocenters. The van der Waals surface area contributed by atoms with Crippen molar-refractivity contribution in [3.8, 4) is 0 Å². The van der Waals surface area contributed by atoms with Gasteiger partial charge in [-0.1, -0.05) is 6.92 Å². The van der Waals surface area contributed by atoms with Crippen LogP contribution < -0.4 is 5.32 Å². The Morgan fingerprint density at radius 1 is 1.19 bits per heavy atom. The van der Waals surface area contributed by atoms with Crippen LogP contribution in [0.15, 0.2) is 0 Å². The number of nitrogens with zero attached hydrogens (tertiary/aromatic N) is 1. The number of nitrogens with one attached hydrogen (secondary N) is 1. The number of piperidine rings is 1. The van der Waals surface area contributed by atoms with Gasteiger partial charge in [0.2, 0.25) is 0 Å². The van der Waals surface area contributed by atoms with Crippen LogP contribution in [0.25, 0.3) is 0 Å². The Kier molecular flexibility index (Phi) is 3.62. The van der Waals surface area contributed by atoms with Gasteiger partial charge in [-0.2, -0.15) is 0 Å². The van der Waals surface area contributed by atoms with E-state index >= 15 is 0 Å². The molecular formula is C16H30N2O3.